The number of anilines is 1. The molecule has 0 bridgehead atoms. The zero-order valence-corrected chi connectivity index (χ0v) is 13.7. The summed E-state index contributed by atoms with van der Waals surface area (Å²) in [7, 11) is 0. The van der Waals surface area contributed by atoms with E-state index >= 15 is 0 Å². The van der Waals surface area contributed by atoms with Crippen molar-refractivity contribution in [3.8, 4) is 0 Å². The molecule has 3 aromatic rings. The molecule has 2 aromatic heterocycles. The largest absolute Gasteiger partial charge is 0.450 e. The van der Waals surface area contributed by atoms with E-state index in [2.05, 4.69) is 20.6 Å². The van der Waals surface area contributed by atoms with Crippen LogP contribution in [0.3, 0.4) is 0 Å². The van der Waals surface area contributed by atoms with Crippen LogP contribution >= 0.6 is 0 Å². The van der Waals surface area contributed by atoms with Crippen molar-refractivity contribution in [1.82, 2.24) is 15.3 Å². The molecule has 1 aromatic carbocycles. The number of alkyl carbamates (subject to hydrolysis) is 1. The summed E-state index contributed by atoms with van der Waals surface area (Å²) in [4.78, 5) is 31.1. The second kappa shape index (κ2) is 7.48. The van der Waals surface area contributed by atoms with E-state index in [1.807, 2.05) is 24.3 Å². The van der Waals surface area contributed by atoms with E-state index in [0.29, 0.717) is 23.6 Å². The number of hydrogen-bond acceptors (Lipinski definition) is 4. The van der Waals surface area contributed by atoms with Gasteiger partial charge in [0.15, 0.2) is 0 Å². The van der Waals surface area contributed by atoms with Gasteiger partial charge >= 0.3 is 6.09 Å². The molecule has 0 saturated carbocycles. The van der Waals surface area contributed by atoms with E-state index in [1.165, 1.54) is 6.20 Å². The lowest BCUT2D eigenvalue weighted by atomic mass is 10.2. The molecular weight excluding hydrogens is 320 g/mol. The normalized spacial score (nSPS) is 10.4. The van der Waals surface area contributed by atoms with Gasteiger partial charge in [0.2, 0.25) is 0 Å². The summed E-state index contributed by atoms with van der Waals surface area (Å²) in [5, 5.41) is 6.40. The average Bonchev–Trinajstić information content (AvgIpc) is 3.03. The Bertz CT molecular complexity index is 904. The molecule has 0 fully saturated rings. The van der Waals surface area contributed by atoms with Crippen LogP contribution in [0.15, 0.2) is 48.8 Å². The molecule has 7 nitrogen and oxygen atoms in total. The van der Waals surface area contributed by atoms with Gasteiger partial charge in [-0.25, -0.2) is 4.79 Å². The first-order valence-corrected chi connectivity index (χ1v) is 7.90. The Morgan fingerprint density at radius 3 is 2.92 bits per heavy atom. The predicted molar refractivity (Wildman–Crippen MR) is 94.4 cm³/mol. The molecule has 0 radical (unpaired) electrons. The van der Waals surface area contributed by atoms with Crippen LogP contribution in [0.5, 0.6) is 0 Å². The topological polar surface area (TPSA) is 96.1 Å². The minimum atomic E-state index is -0.516. The molecule has 0 spiro atoms. The van der Waals surface area contributed by atoms with Crippen LogP contribution in [0, 0.1) is 0 Å². The van der Waals surface area contributed by atoms with Crippen LogP contribution < -0.4 is 10.6 Å². The maximum absolute atomic E-state index is 12.5. The van der Waals surface area contributed by atoms with Gasteiger partial charge in [0.1, 0.15) is 0 Å². The number of para-hydroxylation sites is 1. The third-order valence-electron chi connectivity index (χ3n) is 3.61. The number of benzene rings is 1. The van der Waals surface area contributed by atoms with Crippen molar-refractivity contribution in [2.75, 3.05) is 11.9 Å². The van der Waals surface area contributed by atoms with Gasteiger partial charge in [-0.05, 0) is 25.1 Å². The van der Waals surface area contributed by atoms with Crippen molar-refractivity contribution in [3.63, 3.8) is 0 Å². The molecule has 0 unspecified atom stereocenters. The first-order chi connectivity index (χ1) is 12.2. The highest BCUT2D eigenvalue weighted by Gasteiger charge is 2.11. The number of H-pyrrole nitrogens is 1. The molecule has 3 rings (SSSR count). The van der Waals surface area contributed by atoms with Gasteiger partial charge in [-0.3, -0.25) is 9.78 Å². The quantitative estimate of drug-likeness (QED) is 0.666. The lowest BCUT2D eigenvalue weighted by Crippen LogP contribution is -2.24. The fourth-order valence-corrected chi connectivity index (χ4v) is 2.43. The van der Waals surface area contributed by atoms with E-state index < -0.39 is 6.09 Å². The highest BCUT2D eigenvalue weighted by atomic mass is 16.5. The Morgan fingerprint density at radius 1 is 1.24 bits per heavy atom. The Kier molecular flexibility index (Phi) is 4.94. The van der Waals surface area contributed by atoms with Crippen molar-refractivity contribution in [3.05, 3.63) is 60.0 Å². The van der Waals surface area contributed by atoms with Gasteiger partial charge in [-0.2, -0.15) is 0 Å². The number of ether oxygens (including phenoxy) is 1. The van der Waals surface area contributed by atoms with Crippen LogP contribution in [-0.4, -0.2) is 28.6 Å². The summed E-state index contributed by atoms with van der Waals surface area (Å²) in [6.45, 7) is 2.22. The van der Waals surface area contributed by atoms with E-state index in [0.717, 1.165) is 10.9 Å². The molecular formula is C18H18N4O3. The summed E-state index contributed by atoms with van der Waals surface area (Å²) in [5.41, 5.74) is 2.69. The summed E-state index contributed by atoms with van der Waals surface area (Å²) in [6, 6.07) is 11.0. The van der Waals surface area contributed by atoms with Crippen molar-refractivity contribution in [1.29, 1.82) is 0 Å². The highest BCUT2D eigenvalue weighted by Crippen LogP contribution is 2.23. The molecule has 25 heavy (non-hydrogen) atoms. The van der Waals surface area contributed by atoms with Crippen LogP contribution in [0.25, 0.3) is 10.9 Å². The van der Waals surface area contributed by atoms with Crippen molar-refractivity contribution in [2.45, 2.75) is 13.5 Å². The number of aromatic nitrogens is 2. The molecule has 3 N–H and O–H groups in total. The monoisotopic (exact) mass is 338 g/mol. The lowest BCUT2D eigenvalue weighted by molar-refractivity contribution is 0.102. The lowest BCUT2D eigenvalue weighted by Gasteiger charge is -2.07. The number of nitrogens with one attached hydrogen (secondary N) is 3. The molecule has 2 heterocycles. The maximum Gasteiger partial charge on any atom is 0.407 e. The smallest absolute Gasteiger partial charge is 0.407 e. The summed E-state index contributed by atoms with van der Waals surface area (Å²) in [5.74, 6) is -0.246. The van der Waals surface area contributed by atoms with Crippen LogP contribution in [-0.2, 0) is 11.3 Å². The van der Waals surface area contributed by atoms with Crippen molar-refractivity contribution in [2.24, 2.45) is 0 Å². The molecule has 0 atom stereocenters. The highest BCUT2D eigenvalue weighted by molar-refractivity contribution is 6.08. The summed E-state index contributed by atoms with van der Waals surface area (Å²) >= 11 is 0. The summed E-state index contributed by atoms with van der Waals surface area (Å²) in [6.07, 6.45) is 2.78. The van der Waals surface area contributed by atoms with E-state index in [4.69, 9.17) is 4.74 Å². The zero-order chi connectivity index (χ0) is 17.6. The fraction of sp³-hybridized carbons (Fsp3) is 0.167. The third-order valence-corrected chi connectivity index (χ3v) is 3.61. The fourth-order valence-electron chi connectivity index (χ4n) is 2.43. The third kappa shape index (κ3) is 3.95. The number of fused-ring (bicyclic) bond motifs is 1. The molecule has 7 heteroatoms. The number of hydrogen-bond donors (Lipinski definition) is 3. The number of pyridine rings is 1. The maximum atomic E-state index is 12.5. The molecule has 0 aliphatic rings. The minimum absolute atomic E-state index is 0.188. The Hall–Kier alpha value is -3.35. The SMILES string of the molecule is CCOC(=O)NCc1cc(C(=O)Nc2c[nH]c3ccccc23)ccn1. The second-order valence-electron chi connectivity index (χ2n) is 5.31. The Balaban J connectivity index is 1.70. The number of carbonyl (C=O) groups excluding carboxylic acids is 2. The minimum Gasteiger partial charge on any atom is -0.450 e. The van der Waals surface area contributed by atoms with E-state index in [-0.39, 0.29) is 12.5 Å². The van der Waals surface area contributed by atoms with Crippen LogP contribution in [0.4, 0.5) is 10.5 Å². The van der Waals surface area contributed by atoms with Gasteiger partial charge < -0.3 is 20.4 Å². The predicted octanol–water partition coefficient (Wildman–Crippen LogP) is 3.06. The van der Waals surface area contributed by atoms with Crippen LogP contribution in [0.2, 0.25) is 0 Å². The van der Waals surface area contributed by atoms with Crippen molar-refractivity contribution >= 4 is 28.6 Å². The van der Waals surface area contributed by atoms with E-state index in [9.17, 15) is 9.59 Å². The zero-order valence-electron chi connectivity index (χ0n) is 13.7. The van der Waals surface area contributed by atoms with Crippen molar-refractivity contribution < 1.29 is 14.3 Å². The standard InChI is InChI=1S/C18H18N4O3/c1-2-25-18(24)21-10-13-9-12(7-8-19-13)17(23)22-16-11-20-15-6-4-3-5-14(15)16/h3-9,11,20H,2,10H2,1H3,(H,21,24)(H,22,23). The molecule has 0 saturated heterocycles. The number of aromatic amines is 1. The molecule has 128 valence electrons. The first kappa shape index (κ1) is 16.5. The molecule has 0 aliphatic carbocycles. The molecule has 2 amide bonds. The Labute approximate surface area is 144 Å². The Morgan fingerprint density at radius 2 is 2.08 bits per heavy atom. The number of rotatable bonds is 5. The van der Waals surface area contributed by atoms with E-state index in [1.54, 1.807) is 25.3 Å². The van der Waals surface area contributed by atoms with Crippen LogP contribution in [0.1, 0.15) is 23.0 Å². The molecule has 0 aliphatic heterocycles. The van der Waals surface area contributed by atoms with Gasteiger partial charge in [0.25, 0.3) is 5.91 Å². The van der Waals surface area contributed by atoms with Gasteiger partial charge in [0.05, 0.1) is 24.5 Å². The average molecular weight is 338 g/mol. The second-order valence-corrected chi connectivity index (χ2v) is 5.31. The number of carbonyl (C=O) groups is 2. The van der Waals surface area contributed by atoms with Gasteiger partial charge in [-0.15, -0.1) is 0 Å². The summed E-state index contributed by atoms with van der Waals surface area (Å²) < 4.78 is 4.79. The van der Waals surface area contributed by atoms with Gasteiger partial charge in [-0.1, -0.05) is 18.2 Å². The van der Waals surface area contributed by atoms with Gasteiger partial charge in [0, 0.05) is 28.9 Å². The first-order valence-electron chi connectivity index (χ1n) is 7.90. The number of nitrogens with zero attached hydrogens (tertiary/aromatic N) is 1. The number of amides is 2.